The molecule has 0 N–H and O–H groups in total. The molecule has 11 aromatic rings. The van der Waals surface area contributed by atoms with Crippen molar-refractivity contribution in [3.63, 3.8) is 0 Å². The van der Waals surface area contributed by atoms with Crippen molar-refractivity contribution in [1.29, 1.82) is 0 Å². The van der Waals surface area contributed by atoms with Crippen molar-refractivity contribution in [3.8, 4) is 11.5 Å². The van der Waals surface area contributed by atoms with Gasteiger partial charge in [-0.05, 0) is 72.8 Å². The molecule has 4 aromatic heterocycles. The topological polar surface area (TPSA) is 55.6 Å². The van der Waals surface area contributed by atoms with E-state index in [0.717, 1.165) is 77.6 Å². The van der Waals surface area contributed by atoms with Gasteiger partial charge in [0.05, 0.1) is 0 Å². The first kappa shape index (κ1) is 26.7. The Morgan fingerprint density at radius 1 is 0.408 bits per heavy atom. The minimum atomic E-state index is 0.599. The van der Waals surface area contributed by atoms with E-state index in [-0.39, 0.29) is 0 Å². The molecule has 0 aliphatic carbocycles. The van der Waals surface area contributed by atoms with E-state index in [1.54, 1.807) is 0 Å². The molecule has 0 atom stereocenters. The lowest BCUT2D eigenvalue weighted by Gasteiger charge is -2.25. The van der Waals surface area contributed by atoms with Gasteiger partial charge in [-0.15, -0.1) is 11.3 Å². The zero-order chi connectivity index (χ0) is 32.1. The van der Waals surface area contributed by atoms with Crippen LogP contribution in [-0.2, 0) is 0 Å². The maximum Gasteiger partial charge on any atom is 0.227 e. The van der Waals surface area contributed by atoms with E-state index in [0.29, 0.717) is 5.89 Å². The Kier molecular flexibility index (Phi) is 5.48. The van der Waals surface area contributed by atoms with Gasteiger partial charge in [0.15, 0.2) is 5.58 Å². The fourth-order valence-electron chi connectivity index (χ4n) is 7.18. The Morgan fingerprint density at radius 3 is 1.86 bits per heavy atom. The van der Waals surface area contributed by atoms with Gasteiger partial charge in [0, 0.05) is 82.5 Å². The van der Waals surface area contributed by atoms with Crippen LogP contribution in [0.5, 0.6) is 0 Å². The summed E-state index contributed by atoms with van der Waals surface area (Å²) in [5.74, 6) is 0.599. The average molecular weight is 649 g/mol. The van der Waals surface area contributed by atoms with Crippen LogP contribution in [0, 0.1) is 0 Å². The van der Waals surface area contributed by atoms with Gasteiger partial charge in [-0.3, -0.25) is 0 Å². The van der Waals surface area contributed by atoms with Crippen molar-refractivity contribution >= 4 is 104 Å². The summed E-state index contributed by atoms with van der Waals surface area (Å²) in [6.07, 6.45) is 0. The van der Waals surface area contributed by atoms with Crippen molar-refractivity contribution in [2.75, 3.05) is 4.90 Å². The van der Waals surface area contributed by atoms with E-state index in [1.807, 2.05) is 65.9 Å². The highest BCUT2D eigenvalue weighted by molar-refractivity contribution is 7.25. The molecule has 0 aliphatic rings. The first-order chi connectivity index (χ1) is 24.2. The summed E-state index contributed by atoms with van der Waals surface area (Å²) >= 11 is 1.82. The lowest BCUT2D eigenvalue weighted by atomic mass is 10.1. The van der Waals surface area contributed by atoms with E-state index in [9.17, 15) is 0 Å². The molecule has 0 bridgehead atoms. The van der Waals surface area contributed by atoms with Crippen LogP contribution < -0.4 is 4.90 Å². The molecule has 0 aliphatic heterocycles. The second-order valence-corrected chi connectivity index (χ2v) is 13.5. The zero-order valence-corrected chi connectivity index (χ0v) is 26.7. The fraction of sp³-hybridized carbons (Fsp3) is 0. The Labute approximate surface area is 282 Å². The molecule has 4 heterocycles. The monoisotopic (exact) mass is 648 g/mol. The zero-order valence-electron chi connectivity index (χ0n) is 25.9. The molecule has 0 fully saturated rings. The molecule has 6 heteroatoms. The SMILES string of the molecule is c1ccc(-c2nc3cc4oc5cc(N(c6ccc7c(c6)oc6ccccc67)c6ccc7sc8ccccc8c7c6)ccc5c4cc3o2)cc1. The number of hydrogen-bond donors (Lipinski definition) is 0. The number of furan rings is 2. The summed E-state index contributed by atoms with van der Waals surface area (Å²) in [6.45, 7) is 0. The number of para-hydroxylation sites is 1. The van der Waals surface area contributed by atoms with Gasteiger partial charge >= 0.3 is 0 Å². The number of benzene rings is 7. The molecule has 0 unspecified atom stereocenters. The van der Waals surface area contributed by atoms with Crippen molar-refractivity contribution in [3.05, 3.63) is 146 Å². The highest BCUT2D eigenvalue weighted by Crippen LogP contribution is 2.44. The van der Waals surface area contributed by atoms with Gasteiger partial charge in [0.2, 0.25) is 5.89 Å². The maximum absolute atomic E-state index is 6.54. The van der Waals surface area contributed by atoms with Crippen LogP contribution in [0.25, 0.3) is 86.6 Å². The van der Waals surface area contributed by atoms with Crippen LogP contribution >= 0.6 is 11.3 Å². The first-order valence-corrected chi connectivity index (χ1v) is 17.0. The number of rotatable bonds is 4. The number of aromatic nitrogens is 1. The highest BCUT2D eigenvalue weighted by atomic mass is 32.1. The lowest BCUT2D eigenvalue weighted by molar-refractivity contribution is 0.620. The molecule has 230 valence electrons. The van der Waals surface area contributed by atoms with Crippen molar-refractivity contribution in [2.45, 2.75) is 0 Å². The molecule has 0 radical (unpaired) electrons. The standard InChI is InChI=1S/C43H24N2O3S/c1-2-8-25(9-3-1)43-44-35-24-39-33(23-40(35)48-43)31-18-15-28(22-38(31)47-39)45(26-16-19-42-34(20-26)32-11-5-7-13-41(32)49-42)27-14-17-30-29-10-4-6-12-36(29)46-37(30)21-27/h1-24H. The van der Waals surface area contributed by atoms with E-state index in [4.69, 9.17) is 18.2 Å². The minimum Gasteiger partial charge on any atom is -0.456 e. The van der Waals surface area contributed by atoms with Crippen LogP contribution in [0.15, 0.2) is 159 Å². The molecule has 49 heavy (non-hydrogen) atoms. The quantitative estimate of drug-likeness (QED) is 0.190. The lowest BCUT2D eigenvalue weighted by Crippen LogP contribution is -2.09. The van der Waals surface area contributed by atoms with Gasteiger partial charge in [0.1, 0.15) is 27.8 Å². The summed E-state index contributed by atoms with van der Waals surface area (Å²) in [7, 11) is 0. The summed E-state index contributed by atoms with van der Waals surface area (Å²) < 4.78 is 21.6. The molecular weight excluding hydrogens is 625 g/mol. The summed E-state index contributed by atoms with van der Waals surface area (Å²) in [5, 5.41) is 6.72. The van der Waals surface area contributed by atoms with Gasteiger partial charge in [-0.1, -0.05) is 54.6 Å². The van der Waals surface area contributed by atoms with Crippen molar-refractivity contribution in [2.24, 2.45) is 0 Å². The third-order valence-electron chi connectivity index (χ3n) is 9.48. The normalized spacial score (nSPS) is 12.1. The minimum absolute atomic E-state index is 0.599. The molecule has 0 saturated carbocycles. The largest absolute Gasteiger partial charge is 0.456 e. The number of thiophene rings is 1. The predicted molar refractivity (Wildman–Crippen MR) is 202 cm³/mol. The van der Waals surface area contributed by atoms with Gasteiger partial charge < -0.3 is 18.2 Å². The third-order valence-corrected chi connectivity index (χ3v) is 10.6. The summed E-state index contributed by atoms with van der Waals surface area (Å²) in [6, 6.07) is 50.4. The van der Waals surface area contributed by atoms with E-state index in [2.05, 4.69) is 95.9 Å². The number of anilines is 3. The Bertz CT molecular complexity index is 3070. The maximum atomic E-state index is 6.54. The van der Waals surface area contributed by atoms with Crippen molar-refractivity contribution in [1.82, 2.24) is 4.98 Å². The number of hydrogen-bond acceptors (Lipinski definition) is 6. The van der Waals surface area contributed by atoms with E-state index >= 15 is 0 Å². The van der Waals surface area contributed by atoms with Gasteiger partial charge in [0.25, 0.3) is 0 Å². The second kappa shape index (κ2) is 10.1. The predicted octanol–water partition coefficient (Wildman–Crippen LogP) is 13.1. The van der Waals surface area contributed by atoms with Gasteiger partial charge in [-0.2, -0.15) is 0 Å². The van der Waals surface area contributed by atoms with Crippen LogP contribution in [-0.4, -0.2) is 4.98 Å². The van der Waals surface area contributed by atoms with Crippen LogP contribution in [0.1, 0.15) is 0 Å². The number of fused-ring (bicyclic) bond motifs is 10. The number of oxazole rings is 1. The molecule has 0 amide bonds. The Balaban J connectivity index is 1.10. The van der Waals surface area contributed by atoms with Gasteiger partial charge in [-0.25, -0.2) is 4.98 Å². The molecule has 5 nitrogen and oxygen atoms in total. The van der Waals surface area contributed by atoms with E-state index in [1.165, 1.54) is 20.2 Å². The molecule has 0 spiro atoms. The smallest absolute Gasteiger partial charge is 0.227 e. The average Bonchev–Trinajstić information content (AvgIpc) is 3.91. The van der Waals surface area contributed by atoms with E-state index < -0.39 is 0 Å². The van der Waals surface area contributed by atoms with Crippen LogP contribution in [0.3, 0.4) is 0 Å². The Morgan fingerprint density at radius 2 is 1.02 bits per heavy atom. The molecular formula is C43H24N2O3S. The van der Waals surface area contributed by atoms with Crippen LogP contribution in [0.2, 0.25) is 0 Å². The fourth-order valence-corrected chi connectivity index (χ4v) is 8.27. The summed E-state index contributed by atoms with van der Waals surface area (Å²) in [4.78, 5) is 7.05. The number of nitrogens with zero attached hydrogens (tertiary/aromatic N) is 2. The molecule has 11 rings (SSSR count). The summed E-state index contributed by atoms with van der Waals surface area (Å²) in [5.41, 5.74) is 8.77. The van der Waals surface area contributed by atoms with Crippen molar-refractivity contribution < 1.29 is 13.3 Å². The highest BCUT2D eigenvalue weighted by Gasteiger charge is 2.20. The Hall–Kier alpha value is -6.37. The second-order valence-electron chi connectivity index (χ2n) is 12.4. The molecule has 7 aromatic carbocycles. The van der Waals surface area contributed by atoms with Crippen LogP contribution in [0.4, 0.5) is 17.1 Å². The first-order valence-electron chi connectivity index (χ1n) is 16.2. The molecule has 0 saturated heterocycles. The third kappa shape index (κ3) is 4.08.